The first-order valence-electron chi connectivity index (χ1n) is 9.80. The Hall–Kier alpha value is -3.13. The molecule has 1 aromatic heterocycles. The number of fused-ring (bicyclic) bond motifs is 1. The molecule has 0 spiro atoms. The predicted molar refractivity (Wildman–Crippen MR) is 109 cm³/mol. The van der Waals surface area contributed by atoms with Gasteiger partial charge in [0, 0.05) is 24.8 Å². The van der Waals surface area contributed by atoms with Gasteiger partial charge in [0.25, 0.3) is 0 Å². The highest BCUT2D eigenvalue weighted by atomic mass is 16.7. The Morgan fingerprint density at radius 2 is 2.07 bits per heavy atom. The summed E-state index contributed by atoms with van der Waals surface area (Å²) in [6, 6.07) is 9.62. The van der Waals surface area contributed by atoms with Crippen LogP contribution in [0.3, 0.4) is 0 Å². The Labute approximate surface area is 169 Å². The minimum absolute atomic E-state index is 0.168. The van der Waals surface area contributed by atoms with Crippen LogP contribution in [-0.2, 0) is 4.74 Å². The van der Waals surface area contributed by atoms with Crippen molar-refractivity contribution in [2.24, 2.45) is 5.92 Å². The van der Waals surface area contributed by atoms with Gasteiger partial charge >= 0.3 is 6.16 Å². The van der Waals surface area contributed by atoms with E-state index in [-0.39, 0.29) is 12.5 Å². The quantitative estimate of drug-likeness (QED) is 0.761. The van der Waals surface area contributed by atoms with Crippen molar-refractivity contribution in [1.82, 2.24) is 9.97 Å². The number of nitrogens with one attached hydrogen (secondary N) is 1. The average Bonchev–Trinajstić information content (AvgIpc) is 2.74. The molecule has 0 bridgehead atoms. The number of hydrogen-bond donors (Lipinski definition) is 2. The van der Waals surface area contributed by atoms with E-state index in [9.17, 15) is 9.90 Å². The van der Waals surface area contributed by atoms with E-state index in [1.54, 1.807) is 13.0 Å². The van der Waals surface area contributed by atoms with Gasteiger partial charge in [-0.2, -0.15) is 0 Å². The van der Waals surface area contributed by atoms with E-state index in [2.05, 4.69) is 32.3 Å². The van der Waals surface area contributed by atoms with Crippen molar-refractivity contribution in [3.05, 3.63) is 47.8 Å². The van der Waals surface area contributed by atoms with Crippen molar-refractivity contribution in [2.45, 2.75) is 26.0 Å². The van der Waals surface area contributed by atoms with E-state index in [1.165, 1.54) is 6.33 Å². The third-order valence-electron chi connectivity index (χ3n) is 5.26. The lowest BCUT2D eigenvalue weighted by molar-refractivity contribution is 0.102. The minimum Gasteiger partial charge on any atom is -0.434 e. The minimum atomic E-state index is -0.776. The summed E-state index contributed by atoms with van der Waals surface area (Å²) >= 11 is 0. The van der Waals surface area contributed by atoms with Gasteiger partial charge in [-0.1, -0.05) is 18.2 Å². The van der Waals surface area contributed by atoms with Crippen molar-refractivity contribution in [3.63, 3.8) is 0 Å². The lowest BCUT2D eigenvalue weighted by atomic mass is 9.85. The summed E-state index contributed by atoms with van der Waals surface area (Å²) in [5, 5.41) is 13.7. The Bertz CT molecular complexity index is 909. The maximum Gasteiger partial charge on any atom is 0.515 e. The molecule has 2 aliphatic heterocycles. The van der Waals surface area contributed by atoms with Crippen molar-refractivity contribution >= 4 is 23.7 Å². The molecular weight excluding hydrogens is 372 g/mol. The monoisotopic (exact) mass is 396 g/mol. The molecule has 8 nitrogen and oxygen atoms in total. The third-order valence-corrected chi connectivity index (χ3v) is 5.26. The van der Waals surface area contributed by atoms with Crippen LogP contribution < -0.4 is 15.0 Å². The van der Waals surface area contributed by atoms with Crippen LogP contribution in [0.2, 0.25) is 0 Å². The fourth-order valence-corrected chi connectivity index (χ4v) is 3.82. The van der Waals surface area contributed by atoms with Crippen LogP contribution in [0.15, 0.2) is 42.2 Å². The van der Waals surface area contributed by atoms with Gasteiger partial charge in [0.1, 0.15) is 18.4 Å². The molecule has 4 rings (SSSR count). The van der Waals surface area contributed by atoms with Gasteiger partial charge < -0.3 is 24.8 Å². The first-order valence-corrected chi connectivity index (χ1v) is 9.80. The second-order valence-electron chi connectivity index (χ2n) is 7.04. The zero-order chi connectivity index (χ0) is 20.2. The number of rotatable bonds is 4. The van der Waals surface area contributed by atoms with Crippen LogP contribution in [0.1, 0.15) is 25.3 Å². The number of hydrogen-bond acceptors (Lipinski definition) is 8. The fraction of sp³-hybridized carbons (Fsp3) is 0.381. The van der Waals surface area contributed by atoms with Crippen LogP contribution in [0.5, 0.6) is 5.88 Å². The molecule has 0 radical (unpaired) electrons. The number of aromatic nitrogens is 2. The van der Waals surface area contributed by atoms with Crippen LogP contribution in [0, 0.1) is 5.92 Å². The first-order chi connectivity index (χ1) is 14.1. The van der Waals surface area contributed by atoms with E-state index < -0.39 is 12.4 Å². The number of para-hydroxylation sites is 1. The highest BCUT2D eigenvalue weighted by molar-refractivity contribution is 5.73. The molecule has 1 fully saturated rings. The summed E-state index contributed by atoms with van der Waals surface area (Å²) in [4.78, 5) is 21.9. The van der Waals surface area contributed by atoms with Crippen LogP contribution in [-0.4, -0.2) is 47.2 Å². The van der Waals surface area contributed by atoms with Crippen LogP contribution in [0.25, 0.3) is 6.08 Å². The number of aliphatic hydroxyl groups is 1. The number of benzene rings is 1. The summed E-state index contributed by atoms with van der Waals surface area (Å²) in [5.74, 6) is 1.17. The van der Waals surface area contributed by atoms with E-state index in [0.717, 1.165) is 42.8 Å². The molecule has 0 saturated carbocycles. The second kappa shape index (κ2) is 8.48. The highest BCUT2D eigenvalue weighted by Gasteiger charge is 2.29. The predicted octanol–water partition coefficient (Wildman–Crippen LogP) is 3.06. The van der Waals surface area contributed by atoms with Crippen LogP contribution in [0.4, 0.5) is 16.3 Å². The van der Waals surface area contributed by atoms with Gasteiger partial charge in [0.05, 0.1) is 6.61 Å². The molecule has 8 heteroatoms. The molecule has 29 heavy (non-hydrogen) atoms. The molecule has 1 unspecified atom stereocenters. The molecule has 3 heterocycles. The van der Waals surface area contributed by atoms with Gasteiger partial charge in [0.2, 0.25) is 5.88 Å². The largest absolute Gasteiger partial charge is 0.515 e. The number of carbonyl (C=O) groups is 1. The maximum absolute atomic E-state index is 11.5. The summed E-state index contributed by atoms with van der Waals surface area (Å²) in [6.45, 7) is 3.52. The Balaban J connectivity index is 1.41. The third kappa shape index (κ3) is 4.32. The number of ether oxygens (including phenoxy) is 2. The topological polar surface area (TPSA) is 96.8 Å². The van der Waals surface area contributed by atoms with Crippen molar-refractivity contribution in [3.8, 4) is 5.88 Å². The zero-order valence-electron chi connectivity index (χ0n) is 16.2. The molecule has 1 atom stereocenters. The number of piperidine rings is 1. The van der Waals surface area contributed by atoms with Gasteiger partial charge in [-0.3, -0.25) is 0 Å². The average molecular weight is 396 g/mol. The first kappa shape index (κ1) is 19.2. The normalized spacial score (nSPS) is 19.0. The summed E-state index contributed by atoms with van der Waals surface area (Å²) < 4.78 is 9.84. The summed E-state index contributed by atoms with van der Waals surface area (Å²) in [5.41, 5.74) is 3.08. The summed E-state index contributed by atoms with van der Waals surface area (Å²) in [6.07, 6.45) is 3.83. The maximum atomic E-state index is 11.5. The molecule has 1 aromatic carbocycles. The van der Waals surface area contributed by atoms with E-state index in [1.807, 2.05) is 18.2 Å². The lowest BCUT2D eigenvalue weighted by Crippen LogP contribution is -2.38. The smallest absolute Gasteiger partial charge is 0.434 e. The fourth-order valence-electron chi connectivity index (χ4n) is 3.82. The van der Waals surface area contributed by atoms with Gasteiger partial charge in [0.15, 0.2) is 0 Å². The molecule has 2 aromatic rings. The number of carbonyl (C=O) groups excluding carboxylic acids is 1. The van der Waals surface area contributed by atoms with Crippen molar-refractivity contribution in [1.29, 1.82) is 0 Å². The lowest BCUT2D eigenvalue weighted by Gasteiger charge is -2.36. The molecular formula is C21H24N4O4. The highest BCUT2D eigenvalue weighted by Crippen LogP contribution is 2.35. The van der Waals surface area contributed by atoms with E-state index >= 15 is 0 Å². The molecule has 152 valence electrons. The molecule has 2 N–H and O–H groups in total. The molecule has 0 amide bonds. The Morgan fingerprint density at radius 1 is 1.28 bits per heavy atom. The Morgan fingerprint density at radius 3 is 2.86 bits per heavy atom. The molecule has 2 aliphatic rings. The Kier molecular flexibility index (Phi) is 5.62. The zero-order valence-corrected chi connectivity index (χ0v) is 16.2. The number of aliphatic hydroxyl groups excluding tert-OH is 1. The van der Waals surface area contributed by atoms with Gasteiger partial charge in [-0.05, 0) is 49.0 Å². The van der Waals surface area contributed by atoms with E-state index in [0.29, 0.717) is 11.7 Å². The molecule has 1 saturated heterocycles. The number of nitrogens with zero attached hydrogens (tertiary/aromatic N) is 3. The van der Waals surface area contributed by atoms with Gasteiger partial charge in [-0.25, -0.2) is 14.8 Å². The summed E-state index contributed by atoms with van der Waals surface area (Å²) in [7, 11) is 0. The SMILES string of the molecule is CCOC(=O)Oc1cc(N2CCC(C3=Cc4ccccc4NC3O)CC2)ncn1. The van der Waals surface area contributed by atoms with Crippen molar-refractivity contribution < 1.29 is 19.4 Å². The van der Waals surface area contributed by atoms with E-state index in [4.69, 9.17) is 9.47 Å². The standard InChI is InChI=1S/C21H24N4O4/c1-2-28-21(27)29-19-12-18(22-13-23-19)25-9-7-14(8-10-25)16-11-15-5-3-4-6-17(15)24-20(16)26/h3-6,11-14,20,24,26H,2,7-10H2,1H3. The number of anilines is 2. The molecule has 0 aliphatic carbocycles. The second-order valence-corrected chi connectivity index (χ2v) is 7.04. The van der Waals surface area contributed by atoms with Crippen LogP contribution >= 0.6 is 0 Å². The van der Waals surface area contributed by atoms with Gasteiger partial charge in [-0.15, -0.1) is 0 Å². The van der Waals surface area contributed by atoms with Crippen molar-refractivity contribution in [2.75, 3.05) is 29.9 Å².